The van der Waals surface area contributed by atoms with E-state index in [2.05, 4.69) is 80.2 Å². The topological polar surface area (TPSA) is 423 Å². The predicted octanol–water partition coefficient (Wildman–Crippen LogP) is 16.9. The Morgan fingerprint density at radius 2 is 0.952 bits per heavy atom. The van der Waals surface area contributed by atoms with Crippen LogP contribution in [-0.2, 0) is 89.9 Å². The lowest BCUT2D eigenvalue weighted by Crippen LogP contribution is -2.53. The zero-order valence-corrected chi connectivity index (χ0v) is 79.8. The molecule has 0 radical (unpaired) electrons. The predicted molar refractivity (Wildman–Crippen MR) is 472 cm³/mol. The summed E-state index contributed by atoms with van der Waals surface area (Å²) in [5, 5.41) is 17.8. The molecule has 124 heavy (non-hydrogen) atoms. The first-order chi connectivity index (χ1) is 57.0. The molecule has 6 aliphatic heterocycles. The number of aromatic nitrogens is 2. The van der Waals surface area contributed by atoms with Gasteiger partial charge in [-0.3, -0.25) is 33.6 Å². The van der Waals surface area contributed by atoms with Gasteiger partial charge in [-0.1, -0.05) is 103 Å². The second-order valence-corrected chi connectivity index (χ2v) is 34.3. The number of ether oxygens (including phenoxy) is 8. The summed E-state index contributed by atoms with van der Waals surface area (Å²) >= 11 is 9.96. The lowest BCUT2D eigenvalue weighted by Gasteiger charge is -2.35. The van der Waals surface area contributed by atoms with Crippen LogP contribution in [0.1, 0.15) is 225 Å². The minimum absolute atomic E-state index is 0. The zero-order valence-electron chi connectivity index (χ0n) is 75.3. The molecule has 3 saturated heterocycles. The Balaban J connectivity index is 0.00000147. The van der Waals surface area contributed by atoms with Gasteiger partial charge in [-0.25, -0.2) is 47.1 Å². The molecule has 5 atom stereocenters. The number of rotatable bonds is 11. The van der Waals surface area contributed by atoms with Crippen molar-refractivity contribution in [3.05, 3.63) is 99.4 Å². The Hall–Kier alpha value is -9.47. The van der Waals surface area contributed by atoms with Crippen LogP contribution in [0.4, 0.5) is 32.8 Å². The largest absolute Gasteiger partial charge is 0.481 e. The number of benzene rings is 2. The number of halogens is 5. The number of fused-ring (bicyclic) bond motifs is 1. The first kappa shape index (κ1) is 115. The molecule has 0 aliphatic carbocycles. The molecule has 1 aromatic heterocycles. The van der Waals surface area contributed by atoms with E-state index in [1.165, 1.54) is 29.2 Å². The summed E-state index contributed by atoms with van der Waals surface area (Å²) < 4.78 is 71.3. The van der Waals surface area contributed by atoms with Gasteiger partial charge in [0.15, 0.2) is 5.69 Å². The van der Waals surface area contributed by atoms with Crippen LogP contribution in [0.15, 0.2) is 79.7 Å². The number of aliphatic imine (C=N–C) groups is 1. The monoisotopic (exact) mass is 1950 g/mol. The van der Waals surface area contributed by atoms with Crippen molar-refractivity contribution in [3.63, 3.8) is 0 Å². The van der Waals surface area contributed by atoms with E-state index in [0.717, 1.165) is 40.2 Å². The number of hydrogen-bond acceptors (Lipinski definition) is 25. The van der Waals surface area contributed by atoms with E-state index < -0.39 is 81.7 Å². The van der Waals surface area contributed by atoms with Crippen molar-refractivity contribution in [2.24, 2.45) is 43.7 Å². The van der Waals surface area contributed by atoms with Crippen LogP contribution in [0.2, 0.25) is 0 Å². The molecule has 0 spiro atoms. The molecule has 7 heterocycles. The number of nitrogens with one attached hydrogen (secondary N) is 1. The molecule has 5 unspecified atom stereocenters. The van der Waals surface area contributed by atoms with Gasteiger partial charge in [-0.05, 0) is 187 Å². The Morgan fingerprint density at radius 1 is 0.556 bits per heavy atom. The maximum Gasteiger partial charge on any atom is 0.410 e. The highest BCUT2D eigenvalue weighted by molar-refractivity contribution is 14.1. The van der Waals surface area contributed by atoms with Crippen molar-refractivity contribution in [3.8, 4) is 0 Å². The lowest BCUT2D eigenvalue weighted by atomic mass is 9.86. The van der Waals surface area contributed by atoms with Crippen LogP contribution in [0.3, 0.4) is 0 Å². The van der Waals surface area contributed by atoms with E-state index in [0.29, 0.717) is 96.0 Å². The highest BCUT2D eigenvalue weighted by Crippen LogP contribution is 2.34. The second-order valence-electron chi connectivity index (χ2n) is 33.5. The molecule has 696 valence electrons. The summed E-state index contributed by atoms with van der Waals surface area (Å²) in [4.78, 5) is 166. The van der Waals surface area contributed by atoms with Gasteiger partial charge < -0.3 is 67.5 Å². The molecule has 5 amide bonds. The van der Waals surface area contributed by atoms with E-state index in [9.17, 15) is 66.3 Å². The summed E-state index contributed by atoms with van der Waals surface area (Å²) in [5.74, 6) is -5.80. The fraction of sp³-hybridized carbons (Fsp3) is 0.635. The van der Waals surface area contributed by atoms with Crippen molar-refractivity contribution < 1.29 is 114 Å². The number of carbonyl (C=O) groups excluding carboxylic acids is 12. The molecular weight excluding hydrogens is 1820 g/mol. The highest BCUT2D eigenvalue weighted by Gasteiger charge is 2.44. The van der Waals surface area contributed by atoms with E-state index in [4.69, 9.17) is 48.6 Å². The van der Waals surface area contributed by atoms with Gasteiger partial charge >= 0.3 is 48.4 Å². The lowest BCUT2D eigenvalue weighted by molar-refractivity contribution is -0.158. The van der Waals surface area contributed by atoms with Crippen molar-refractivity contribution >= 4 is 133 Å². The number of ketones is 4. The first-order valence-corrected chi connectivity index (χ1v) is 43.5. The minimum atomic E-state index is -1.18. The molecular formula is C85H129BrClF2IN12O22. The number of piperidine rings is 3. The fourth-order valence-corrected chi connectivity index (χ4v) is 12.2. The van der Waals surface area contributed by atoms with Crippen LogP contribution in [-0.4, -0.2) is 241 Å². The van der Waals surface area contributed by atoms with Crippen LogP contribution in [0.5, 0.6) is 0 Å². The second kappa shape index (κ2) is 54.4. The highest BCUT2D eigenvalue weighted by atomic mass is 127. The number of alkyl halides is 2. The number of aliphatic carboxylic acids is 1. The Labute approximate surface area is 754 Å². The minimum Gasteiger partial charge on any atom is -0.481 e. The van der Waals surface area contributed by atoms with E-state index in [1.807, 2.05) is 109 Å². The van der Waals surface area contributed by atoms with E-state index in [1.54, 1.807) is 97.0 Å². The third kappa shape index (κ3) is 42.9. The third-order valence-corrected chi connectivity index (χ3v) is 17.7. The van der Waals surface area contributed by atoms with Gasteiger partial charge in [0.25, 0.3) is 11.8 Å². The number of carboxylic acid groups (broad SMARTS) is 1. The molecule has 0 bridgehead atoms. The summed E-state index contributed by atoms with van der Waals surface area (Å²) in [7, 11) is 0. The number of amides is 5. The Bertz CT molecular complexity index is 4140. The number of carboxylic acids is 1. The average Bonchev–Trinajstić information content (AvgIpc) is 1.61. The van der Waals surface area contributed by atoms with Crippen LogP contribution < -0.4 is 0 Å². The van der Waals surface area contributed by atoms with Gasteiger partial charge in [-0.2, -0.15) is 10.6 Å². The molecule has 2 N–H and O–H groups in total. The quantitative estimate of drug-likeness (QED) is 0.0263. The van der Waals surface area contributed by atoms with Crippen molar-refractivity contribution in [2.75, 3.05) is 90.2 Å². The molecule has 2 aromatic carbocycles. The molecule has 3 fully saturated rings. The zero-order chi connectivity index (χ0) is 94.4. The number of hydrogen-bond donors (Lipinski definition) is 2. The normalized spacial score (nSPS) is 17.8. The van der Waals surface area contributed by atoms with Crippen molar-refractivity contribution in [2.45, 2.75) is 238 Å². The summed E-state index contributed by atoms with van der Waals surface area (Å²) in [5.41, 5.74) is 9.13. The average molecular weight is 1950 g/mol. The summed E-state index contributed by atoms with van der Waals surface area (Å²) in [6.45, 7) is 45.8. The summed E-state index contributed by atoms with van der Waals surface area (Å²) in [6.07, 6.45) is -0.665. The van der Waals surface area contributed by atoms with Gasteiger partial charge in [0.2, 0.25) is 0 Å². The molecule has 9 rings (SSSR count). The number of carbonyl (C=O) groups is 13. The maximum absolute atomic E-state index is 13.3. The number of likely N-dealkylation sites (tertiary alicyclic amines) is 3. The molecule has 6 aliphatic rings. The van der Waals surface area contributed by atoms with Crippen LogP contribution in [0, 0.1) is 40.8 Å². The maximum atomic E-state index is 13.3. The van der Waals surface area contributed by atoms with E-state index >= 15 is 0 Å². The smallest absolute Gasteiger partial charge is 0.410 e. The number of Topliss-reactive ketones (excluding diaryl/α,β-unsaturated/α-hetero) is 4. The number of esters is 3. The molecule has 0 saturated carbocycles. The first-order valence-electron chi connectivity index (χ1n) is 39.9. The molecule has 34 nitrogen and oxygen atoms in total. The van der Waals surface area contributed by atoms with Crippen LogP contribution >= 0.6 is 50.3 Å². The SMILES string of the molecule is C.CC(=O)O.CC(C)(C)OC(=O)N1CCC(=O)CC1.CC1CN(C(=O)OC(C)(C)C)CCC1=O.CCOC(=O)C(=O)C1CN(C(=O)OC(C)(C)C)CC(C)C1=O.CCOC(=O)C1=NCC2=C1CN(C(=O)OC(C)(C)C)CC2C.CCOC(=O)c1nn(Cc2ccc(F)cc2)c2c1CN(C(=O)OC(C)(C)C)CC2C.CI.Fc1ccc(CBr)cc1.N=NN=NCl. The fourth-order valence-electron chi connectivity index (χ4n) is 11.8. The van der Waals surface area contributed by atoms with E-state index in [-0.39, 0.29) is 111 Å². The van der Waals surface area contributed by atoms with Gasteiger partial charge in [0.05, 0.1) is 57.8 Å². The van der Waals surface area contributed by atoms with Crippen LogP contribution in [0.25, 0.3) is 0 Å². The van der Waals surface area contributed by atoms with Gasteiger partial charge in [0, 0.05) is 118 Å². The van der Waals surface area contributed by atoms with Gasteiger partial charge in [-0.15, -0.1) is 0 Å². The molecule has 3 aromatic rings. The van der Waals surface area contributed by atoms with Crippen molar-refractivity contribution in [1.29, 1.82) is 5.53 Å². The Kier molecular flexibility index (Phi) is 50.3. The third-order valence-electron chi connectivity index (χ3n) is 17.0. The summed E-state index contributed by atoms with van der Waals surface area (Å²) in [6, 6.07) is 12.6. The Morgan fingerprint density at radius 3 is 1.37 bits per heavy atom. The van der Waals surface area contributed by atoms with Gasteiger partial charge in [0.1, 0.15) is 68.6 Å². The van der Waals surface area contributed by atoms with Crippen molar-refractivity contribution in [1.82, 2.24) is 34.3 Å². The molecule has 39 heteroatoms. The standard InChI is InChI=1S/C22H28FN3O4.C16H24N2O4.C15H23NO6.C11H19NO3.C10H17NO3.C7H6BrF.C2H4O2.CH3I.CH4.ClHN4/c1-6-29-20(27)18-17-13-25(21(28)30-22(3,4)5)11-14(2)19(17)26(24-18)12-15-7-9-16(23)10-8-15;1-6-21-14(19)13-12-9-18(15(20)22-16(3,4)5)8-10(2)11(12)7-17-13;1-6-21-13(19)12(18)10-8-16(7-9(2)11(10)17)14(20)22-15(3,4)5;1-8-7-12(6-5-9(8)13)10(14)15-11(2,3)4;1-10(2,3)14-9(13)11-6-4-8(12)5-7-11;8-5-6-1-3-7(9)4-2-6;1-2(3)4;1-2;;1-3-5-4-2/h7-10,14H,6,11-13H2,1-5H3;10H,6-9H2,1-5H3;9-10H,6-8H2,1-5H3;8H,5-7H2,1-4H3;4-7H2,1-3H3;1-4H,5H2;1H3,(H,3,4);1H3;1H4;2H. The number of nitrogens with zero attached hydrogens (tertiary/aromatic N) is 11.